The molecule has 104 valence electrons. The van der Waals surface area contributed by atoms with Crippen molar-refractivity contribution in [3.8, 4) is 0 Å². The van der Waals surface area contributed by atoms with Gasteiger partial charge in [-0.1, -0.05) is 0 Å². The fraction of sp³-hybridized carbons (Fsp3) is 0.500. The summed E-state index contributed by atoms with van der Waals surface area (Å²) in [5, 5.41) is 16.4. The van der Waals surface area contributed by atoms with E-state index < -0.39 is 4.92 Å². The average Bonchev–Trinajstić information content (AvgIpc) is 2.27. The van der Waals surface area contributed by atoms with Crippen molar-refractivity contribution in [2.45, 2.75) is 33.2 Å². The van der Waals surface area contributed by atoms with Crippen molar-refractivity contribution in [1.82, 2.24) is 10.3 Å². The van der Waals surface area contributed by atoms with Gasteiger partial charge in [-0.15, -0.1) is 0 Å². The third-order valence-electron chi connectivity index (χ3n) is 2.39. The summed E-state index contributed by atoms with van der Waals surface area (Å²) >= 11 is 0. The molecular weight excluding hydrogens is 248 g/mol. The van der Waals surface area contributed by atoms with Crippen molar-refractivity contribution in [3.63, 3.8) is 0 Å². The molecule has 0 spiro atoms. The standard InChI is InChI=1S/C12H18N4O3/c1-8(2)15-12(17)4-5-13-11-6-9(3)10(7-14-11)16(18)19/h6-8H,4-5H2,1-3H3,(H,13,14)(H,15,17). The molecule has 0 atom stereocenters. The molecule has 0 saturated heterocycles. The highest BCUT2D eigenvalue weighted by Gasteiger charge is 2.11. The Morgan fingerprint density at radius 2 is 2.21 bits per heavy atom. The highest BCUT2D eigenvalue weighted by atomic mass is 16.6. The summed E-state index contributed by atoms with van der Waals surface area (Å²) in [5.74, 6) is 0.488. The van der Waals surface area contributed by atoms with Gasteiger partial charge in [-0.05, 0) is 26.8 Å². The van der Waals surface area contributed by atoms with Crippen LogP contribution in [0.5, 0.6) is 0 Å². The summed E-state index contributed by atoms with van der Waals surface area (Å²) in [6.07, 6.45) is 1.54. The Morgan fingerprint density at radius 3 is 2.74 bits per heavy atom. The molecule has 0 fully saturated rings. The van der Waals surface area contributed by atoms with E-state index in [0.717, 1.165) is 0 Å². The molecule has 0 saturated carbocycles. The van der Waals surface area contributed by atoms with Gasteiger partial charge in [0.2, 0.25) is 5.91 Å². The Balaban J connectivity index is 2.48. The van der Waals surface area contributed by atoms with E-state index in [0.29, 0.717) is 24.3 Å². The van der Waals surface area contributed by atoms with E-state index in [1.54, 1.807) is 13.0 Å². The zero-order chi connectivity index (χ0) is 14.4. The minimum atomic E-state index is -0.470. The van der Waals surface area contributed by atoms with Crippen LogP contribution in [0.3, 0.4) is 0 Å². The first kappa shape index (κ1) is 14.9. The zero-order valence-electron chi connectivity index (χ0n) is 11.3. The van der Waals surface area contributed by atoms with Crippen LogP contribution in [0.2, 0.25) is 0 Å². The maximum Gasteiger partial charge on any atom is 0.290 e. The summed E-state index contributed by atoms with van der Waals surface area (Å²) in [5.41, 5.74) is 0.525. The third-order valence-corrected chi connectivity index (χ3v) is 2.39. The topological polar surface area (TPSA) is 97.2 Å². The van der Waals surface area contributed by atoms with Crippen LogP contribution in [-0.4, -0.2) is 28.4 Å². The zero-order valence-corrected chi connectivity index (χ0v) is 11.3. The molecule has 1 aromatic heterocycles. The second-order valence-electron chi connectivity index (χ2n) is 4.51. The van der Waals surface area contributed by atoms with Crippen LogP contribution in [0.1, 0.15) is 25.8 Å². The lowest BCUT2D eigenvalue weighted by molar-refractivity contribution is -0.385. The number of anilines is 1. The SMILES string of the molecule is Cc1cc(NCCC(=O)NC(C)C)ncc1[N+](=O)[O-]. The van der Waals surface area contributed by atoms with E-state index >= 15 is 0 Å². The van der Waals surface area contributed by atoms with E-state index in [-0.39, 0.29) is 17.6 Å². The minimum Gasteiger partial charge on any atom is -0.370 e. The van der Waals surface area contributed by atoms with Gasteiger partial charge in [-0.25, -0.2) is 4.98 Å². The number of rotatable bonds is 6. The highest BCUT2D eigenvalue weighted by molar-refractivity contribution is 5.76. The first-order chi connectivity index (χ1) is 8.90. The Hall–Kier alpha value is -2.18. The number of hydrogen-bond donors (Lipinski definition) is 2. The lowest BCUT2D eigenvalue weighted by Crippen LogP contribution is -2.31. The second kappa shape index (κ2) is 6.67. The van der Waals surface area contributed by atoms with Gasteiger partial charge in [-0.3, -0.25) is 14.9 Å². The summed E-state index contributed by atoms with van der Waals surface area (Å²) in [6.45, 7) is 5.87. The molecule has 1 rings (SSSR count). The number of nitrogens with one attached hydrogen (secondary N) is 2. The van der Waals surface area contributed by atoms with E-state index in [1.165, 1.54) is 6.20 Å². The molecule has 0 unspecified atom stereocenters. The van der Waals surface area contributed by atoms with Crippen molar-refractivity contribution in [3.05, 3.63) is 27.9 Å². The average molecular weight is 266 g/mol. The normalized spacial score (nSPS) is 10.3. The molecule has 2 N–H and O–H groups in total. The third kappa shape index (κ3) is 4.90. The first-order valence-electron chi connectivity index (χ1n) is 6.04. The summed E-state index contributed by atoms with van der Waals surface area (Å²) < 4.78 is 0. The predicted octanol–water partition coefficient (Wildman–Crippen LogP) is 1.62. The maximum absolute atomic E-state index is 11.4. The monoisotopic (exact) mass is 266 g/mol. The predicted molar refractivity (Wildman–Crippen MR) is 72.0 cm³/mol. The summed E-state index contributed by atoms with van der Waals surface area (Å²) in [7, 11) is 0. The molecule has 0 bridgehead atoms. The van der Waals surface area contributed by atoms with Gasteiger partial charge >= 0.3 is 0 Å². The number of carbonyl (C=O) groups excluding carboxylic acids is 1. The van der Waals surface area contributed by atoms with Crippen molar-refractivity contribution < 1.29 is 9.72 Å². The van der Waals surface area contributed by atoms with Gasteiger partial charge < -0.3 is 10.6 Å². The minimum absolute atomic E-state index is 0.0110. The largest absolute Gasteiger partial charge is 0.370 e. The number of amides is 1. The number of nitro groups is 1. The van der Waals surface area contributed by atoms with Gasteiger partial charge in [0.25, 0.3) is 5.69 Å². The van der Waals surface area contributed by atoms with Crippen molar-refractivity contribution in [2.75, 3.05) is 11.9 Å². The van der Waals surface area contributed by atoms with Gasteiger partial charge in [0.05, 0.1) is 4.92 Å². The lowest BCUT2D eigenvalue weighted by Gasteiger charge is -2.09. The first-order valence-corrected chi connectivity index (χ1v) is 6.04. The molecule has 1 aromatic rings. The van der Waals surface area contributed by atoms with Crippen LogP contribution in [0.4, 0.5) is 11.5 Å². The van der Waals surface area contributed by atoms with E-state index in [9.17, 15) is 14.9 Å². The molecule has 7 heteroatoms. The second-order valence-corrected chi connectivity index (χ2v) is 4.51. The smallest absolute Gasteiger partial charge is 0.290 e. The van der Waals surface area contributed by atoms with E-state index in [1.807, 2.05) is 13.8 Å². The molecule has 0 aromatic carbocycles. The molecule has 0 aliphatic heterocycles. The highest BCUT2D eigenvalue weighted by Crippen LogP contribution is 2.18. The number of aryl methyl sites for hydroxylation is 1. The molecule has 0 aliphatic carbocycles. The number of aromatic nitrogens is 1. The molecule has 7 nitrogen and oxygen atoms in total. The van der Waals surface area contributed by atoms with Gasteiger partial charge in [0.15, 0.2) is 0 Å². The molecular formula is C12H18N4O3. The fourth-order valence-electron chi connectivity index (χ4n) is 1.53. The van der Waals surface area contributed by atoms with Gasteiger partial charge in [-0.2, -0.15) is 0 Å². The van der Waals surface area contributed by atoms with Crippen molar-refractivity contribution >= 4 is 17.4 Å². The van der Waals surface area contributed by atoms with Crippen LogP contribution >= 0.6 is 0 Å². The summed E-state index contributed by atoms with van der Waals surface area (Å²) in [6, 6.07) is 1.71. The van der Waals surface area contributed by atoms with Crippen LogP contribution in [0, 0.1) is 17.0 Å². The number of hydrogen-bond acceptors (Lipinski definition) is 5. The van der Waals surface area contributed by atoms with Crippen molar-refractivity contribution in [2.24, 2.45) is 0 Å². The van der Waals surface area contributed by atoms with E-state index in [4.69, 9.17) is 0 Å². The number of pyridine rings is 1. The molecule has 0 radical (unpaired) electrons. The Kier molecular flexibility index (Phi) is 5.23. The van der Waals surface area contributed by atoms with Crippen LogP contribution in [0.15, 0.2) is 12.3 Å². The maximum atomic E-state index is 11.4. The Bertz CT molecular complexity index is 474. The van der Waals surface area contributed by atoms with Crippen molar-refractivity contribution in [1.29, 1.82) is 0 Å². The lowest BCUT2D eigenvalue weighted by atomic mass is 10.2. The van der Waals surface area contributed by atoms with E-state index in [2.05, 4.69) is 15.6 Å². The number of nitrogens with zero attached hydrogens (tertiary/aromatic N) is 2. The Morgan fingerprint density at radius 1 is 1.53 bits per heavy atom. The number of carbonyl (C=O) groups is 1. The van der Waals surface area contributed by atoms with Gasteiger partial charge in [0.1, 0.15) is 12.0 Å². The molecule has 19 heavy (non-hydrogen) atoms. The summed E-state index contributed by atoms with van der Waals surface area (Å²) in [4.78, 5) is 25.5. The van der Waals surface area contributed by atoms with Crippen LogP contribution < -0.4 is 10.6 Å². The van der Waals surface area contributed by atoms with Crippen LogP contribution in [0.25, 0.3) is 0 Å². The Labute approximate surface area is 111 Å². The van der Waals surface area contributed by atoms with Gasteiger partial charge in [0, 0.05) is 24.6 Å². The van der Waals surface area contributed by atoms with Crippen LogP contribution in [-0.2, 0) is 4.79 Å². The molecule has 1 heterocycles. The molecule has 0 aliphatic rings. The molecule has 1 amide bonds. The quantitative estimate of drug-likeness (QED) is 0.602. The fourth-order valence-corrected chi connectivity index (χ4v) is 1.53.